The third kappa shape index (κ3) is 5.73. The SMILES string of the molecule is CCOC(=O)NC(CNC(=NC)NC1CCCCC1)C1CC1. The van der Waals surface area contributed by atoms with Gasteiger partial charge in [-0.3, -0.25) is 4.99 Å². The second-order valence-electron chi connectivity index (χ2n) is 6.24. The number of aliphatic imine (C=N–C) groups is 1. The number of hydrogen-bond donors (Lipinski definition) is 3. The predicted molar refractivity (Wildman–Crippen MR) is 88.0 cm³/mol. The molecule has 0 heterocycles. The summed E-state index contributed by atoms with van der Waals surface area (Å²) < 4.78 is 4.98. The Kier molecular flexibility index (Phi) is 6.80. The lowest BCUT2D eigenvalue weighted by Crippen LogP contribution is -2.50. The molecule has 6 nitrogen and oxygen atoms in total. The minimum absolute atomic E-state index is 0.115. The highest BCUT2D eigenvalue weighted by molar-refractivity contribution is 5.80. The highest BCUT2D eigenvalue weighted by atomic mass is 16.5. The fourth-order valence-corrected chi connectivity index (χ4v) is 3.00. The molecule has 0 saturated heterocycles. The Bertz CT molecular complexity index is 376. The average molecular weight is 310 g/mol. The largest absolute Gasteiger partial charge is 0.450 e. The van der Waals surface area contributed by atoms with E-state index in [0.717, 1.165) is 5.96 Å². The van der Waals surface area contributed by atoms with Crippen molar-refractivity contribution >= 4 is 12.1 Å². The van der Waals surface area contributed by atoms with E-state index in [1.54, 1.807) is 7.05 Å². The molecule has 2 rings (SSSR count). The van der Waals surface area contributed by atoms with Gasteiger partial charge in [0.1, 0.15) is 0 Å². The summed E-state index contributed by atoms with van der Waals surface area (Å²) in [5.41, 5.74) is 0. The summed E-state index contributed by atoms with van der Waals surface area (Å²) in [4.78, 5) is 15.9. The number of carbonyl (C=O) groups excluding carboxylic acids is 1. The zero-order valence-corrected chi connectivity index (χ0v) is 13.9. The van der Waals surface area contributed by atoms with Crippen molar-refractivity contribution in [3.63, 3.8) is 0 Å². The van der Waals surface area contributed by atoms with Crippen LogP contribution < -0.4 is 16.0 Å². The van der Waals surface area contributed by atoms with Gasteiger partial charge in [-0.15, -0.1) is 0 Å². The Morgan fingerprint density at radius 3 is 2.55 bits per heavy atom. The van der Waals surface area contributed by atoms with Crippen LogP contribution in [0.2, 0.25) is 0 Å². The van der Waals surface area contributed by atoms with Gasteiger partial charge in [0.25, 0.3) is 0 Å². The number of nitrogens with one attached hydrogen (secondary N) is 3. The van der Waals surface area contributed by atoms with Gasteiger partial charge in [0.15, 0.2) is 5.96 Å². The number of carbonyl (C=O) groups is 1. The van der Waals surface area contributed by atoms with Crippen LogP contribution in [0.3, 0.4) is 0 Å². The lowest BCUT2D eigenvalue weighted by molar-refractivity contribution is 0.146. The first kappa shape index (κ1) is 16.9. The standard InChI is InChI=1S/C16H30N4O2/c1-3-22-16(21)20-14(12-9-10-12)11-18-15(17-2)19-13-7-5-4-6-8-13/h12-14H,3-11H2,1-2H3,(H,20,21)(H2,17,18,19). The van der Waals surface area contributed by atoms with Crippen LogP contribution in [0.1, 0.15) is 51.9 Å². The van der Waals surface area contributed by atoms with Crippen LogP contribution in [0.25, 0.3) is 0 Å². The van der Waals surface area contributed by atoms with Crippen molar-refractivity contribution in [1.29, 1.82) is 0 Å². The first-order valence-corrected chi connectivity index (χ1v) is 8.63. The van der Waals surface area contributed by atoms with Crippen molar-refractivity contribution in [2.75, 3.05) is 20.2 Å². The maximum atomic E-state index is 11.6. The number of rotatable bonds is 6. The van der Waals surface area contributed by atoms with Gasteiger partial charge in [0.2, 0.25) is 0 Å². The molecule has 0 aromatic rings. The van der Waals surface area contributed by atoms with Crippen LogP contribution in [0, 0.1) is 5.92 Å². The van der Waals surface area contributed by atoms with Gasteiger partial charge in [0.05, 0.1) is 12.6 Å². The zero-order chi connectivity index (χ0) is 15.8. The fourth-order valence-electron chi connectivity index (χ4n) is 3.00. The van der Waals surface area contributed by atoms with E-state index < -0.39 is 0 Å². The van der Waals surface area contributed by atoms with E-state index in [1.165, 1.54) is 44.9 Å². The number of amides is 1. The summed E-state index contributed by atoms with van der Waals surface area (Å²) in [6, 6.07) is 0.640. The second kappa shape index (κ2) is 8.86. The number of guanidine groups is 1. The molecule has 0 aromatic heterocycles. The number of ether oxygens (including phenoxy) is 1. The smallest absolute Gasteiger partial charge is 0.407 e. The summed E-state index contributed by atoms with van der Waals surface area (Å²) in [5.74, 6) is 1.40. The third-order valence-corrected chi connectivity index (χ3v) is 4.43. The van der Waals surface area contributed by atoms with E-state index in [-0.39, 0.29) is 12.1 Å². The quantitative estimate of drug-likeness (QED) is 0.518. The molecule has 126 valence electrons. The van der Waals surface area contributed by atoms with Gasteiger partial charge in [-0.2, -0.15) is 0 Å². The maximum Gasteiger partial charge on any atom is 0.407 e. The van der Waals surface area contributed by atoms with E-state index in [1.807, 2.05) is 6.92 Å². The molecule has 2 fully saturated rings. The zero-order valence-electron chi connectivity index (χ0n) is 13.9. The summed E-state index contributed by atoms with van der Waals surface area (Å²) in [7, 11) is 1.79. The van der Waals surface area contributed by atoms with Gasteiger partial charge in [0, 0.05) is 19.6 Å². The van der Waals surface area contributed by atoms with Crippen LogP contribution in [-0.4, -0.2) is 44.3 Å². The van der Waals surface area contributed by atoms with Crippen molar-refractivity contribution in [2.45, 2.75) is 64.0 Å². The highest BCUT2D eigenvalue weighted by Crippen LogP contribution is 2.32. The van der Waals surface area contributed by atoms with Crippen molar-refractivity contribution < 1.29 is 9.53 Å². The van der Waals surface area contributed by atoms with Crippen LogP contribution in [0.4, 0.5) is 4.79 Å². The minimum Gasteiger partial charge on any atom is -0.450 e. The molecule has 2 aliphatic carbocycles. The molecule has 1 atom stereocenters. The molecule has 1 unspecified atom stereocenters. The van der Waals surface area contributed by atoms with Crippen LogP contribution in [0.15, 0.2) is 4.99 Å². The molecule has 3 N–H and O–H groups in total. The summed E-state index contributed by atoms with van der Waals surface area (Å²) in [5, 5.41) is 9.80. The number of alkyl carbamates (subject to hydrolysis) is 1. The number of nitrogens with zero attached hydrogens (tertiary/aromatic N) is 1. The van der Waals surface area contributed by atoms with Crippen molar-refractivity contribution in [3.8, 4) is 0 Å². The van der Waals surface area contributed by atoms with Crippen molar-refractivity contribution in [1.82, 2.24) is 16.0 Å². The van der Waals surface area contributed by atoms with E-state index in [4.69, 9.17) is 4.74 Å². The van der Waals surface area contributed by atoms with Crippen LogP contribution >= 0.6 is 0 Å². The normalized spacial score (nSPS) is 21.1. The second-order valence-corrected chi connectivity index (χ2v) is 6.24. The van der Waals surface area contributed by atoms with Crippen LogP contribution in [0.5, 0.6) is 0 Å². The van der Waals surface area contributed by atoms with Gasteiger partial charge in [-0.1, -0.05) is 19.3 Å². The first-order valence-electron chi connectivity index (χ1n) is 8.63. The molecule has 0 radical (unpaired) electrons. The Hall–Kier alpha value is -1.46. The van der Waals surface area contributed by atoms with E-state index >= 15 is 0 Å². The van der Waals surface area contributed by atoms with Gasteiger partial charge in [-0.05, 0) is 38.5 Å². The monoisotopic (exact) mass is 310 g/mol. The minimum atomic E-state index is -0.323. The molecule has 0 bridgehead atoms. The summed E-state index contributed by atoms with van der Waals surface area (Å²) in [6.07, 6.45) is 8.39. The molecule has 0 spiro atoms. The van der Waals surface area contributed by atoms with E-state index in [9.17, 15) is 4.79 Å². The fraction of sp³-hybridized carbons (Fsp3) is 0.875. The Balaban J connectivity index is 1.75. The molecule has 22 heavy (non-hydrogen) atoms. The van der Waals surface area contributed by atoms with E-state index in [2.05, 4.69) is 20.9 Å². The molecule has 2 saturated carbocycles. The van der Waals surface area contributed by atoms with Gasteiger partial charge in [-0.25, -0.2) is 4.79 Å². The molecule has 2 aliphatic rings. The first-order chi connectivity index (χ1) is 10.7. The van der Waals surface area contributed by atoms with Crippen molar-refractivity contribution in [3.05, 3.63) is 0 Å². The van der Waals surface area contributed by atoms with Gasteiger partial charge < -0.3 is 20.7 Å². The molecule has 6 heteroatoms. The maximum absolute atomic E-state index is 11.6. The molecular weight excluding hydrogens is 280 g/mol. The highest BCUT2D eigenvalue weighted by Gasteiger charge is 2.32. The molecule has 0 aromatic carbocycles. The van der Waals surface area contributed by atoms with Crippen molar-refractivity contribution in [2.24, 2.45) is 10.9 Å². The van der Waals surface area contributed by atoms with E-state index in [0.29, 0.717) is 25.1 Å². The van der Waals surface area contributed by atoms with Crippen LogP contribution in [-0.2, 0) is 4.74 Å². The summed E-state index contributed by atoms with van der Waals surface area (Å²) >= 11 is 0. The Labute approximate surface area is 133 Å². The Morgan fingerprint density at radius 1 is 1.23 bits per heavy atom. The molecule has 0 aliphatic heterocycles. The predicted octanol–water partition coefficient (Wildman–Crippen LogP) is 2.01. The average Bonchev–Trinajstić information content (AvgIpc) is 3.36. The summed E-state index contributed by atoms with van der Waals surface area (Å²) in [6.45, 7) is 2.91. The lowest BCUT2D eigenvalue weighted by Gasteiger charge is -2.26. The molecule has 1 amide bonds. The lowest BCUT2D eigenvalue weighted by atomic mass is 9.96. The topological polar surface area (TPSA) is 74.8 Å². The third-order valence-electron chi connectivity index (χ3n) is 4.43. The van der Waals surface area contributed by atoms with Gasteiger partial charge >= 0.3 is 6.09 Å². The Morgan fingerprint density at radius 2 is 1.95 bits per heavy atom. The number of hydrogen-bond acceptors (Lipinski definition) is 3. The molecular formula is C16H30N4O2.